The van der Waals surface area contributed by atoms with Crippen LogP contribution in [-0.4, -0.2) is 14.2 Å². The molecule has 4 nitrogen and oxygen atoms in total. The number of para-hydroxylation sites is 1. The molecular weight excluding hydrogens is 212 g/mol. The fraction of sp³-hybridized carbons (Fsp3) is 0.200. The quantitative estimate of drug-likeness (QED) is 0.738. The Bertz CT molecular complexity index is 440. The third kappa shape index (κ3) is 3.38. The summed E-state index contributed by atoms with van der Waals surface area (Å²) in [7, 11) is -3.34. The van der Waals surface area contributed by atoms with E-state index in [0.717, 1.165) is 5.56 Å². The Hall–Kier alpha value is -1.33. The van der Waals surface area contributed by atoms with Gasteiger partial charge in [0.05, 0.1) is 11.4 Å². The van der Waals surface area contributed by atoms with Crippen LogP contribution in [0.1, 0.15) is 5.56 Å². The van der Waals surface area contributed by atoms with Gasteiger partial charge in [-0.2, -0.15) is 0 Å². The maximum absolute atomic E-state index is 11.4. The van der Waals surface area contributed by atoms with E-state index in [1.54, 1.807) is 18.2 Å². The van der Waals surface area contributed by atoms with Gasteiger partial charge >= 0.3 is 0 Å². The van der Waals surface area contributed by atoms with Gasteiger partial charge in [-0.05, 0) is 11.6 Å². The van der Waals surface area contributed by atoms with E-state index in [0.29, 0.717) is 12.2 Å². The predicted octanol–water partition coefficient (Wildman–Crippen LogP) is 1.07. The van der Waals surface area contributed by atoms with Gasteiger partial charge in [0.2, 0.25) is 10.0 Å². The van der Waals surface area contributed by atoms with E-state index in [1.165, 1.54) is 6.08 Å². The lowest BCUT2D eigenvalue weighted by Crippen LogP contribution is -2.16. The van der Waals surface area contributed by atoms with Crippen molar-refractivity contribution >= 4 is 15.7 Å². The van der Waals surface area contributed by atoms with Crippen LogP contribution in [0.4, 0.5) is 5.69 Å². The Kier molecular flexibility index (Phi) is 3.88. The van der Waals surface area contributed by atoms with Gasteiger partial charge in [-0.1, -0.05) is 24.3 Å². The van der Waals surface area contributed by atoms with Crippen LogP contribution in [0.5, 0.6) is 0 Å². The van der Waals surface area contributed by atoms with E-state index in [2.05, 4.69) is 11.3 Å². The van der Waals surface area contributed by atoms with E-state index in [1.807, 2.05) is 6.07 Å². The minimum atomic E-state index is -3.34. The van der Waals surface area contributed by atoms with Crippen molar-refractivity contribution in [1.29, 1.82) is 0 Å². The third-order valence-electron chi connectivity index (χ3n) is 1.84. The molecule has 1 rings (SSSR count). The molecule has 0 aliphatic heterocycles. The molecule has 0 atom stereocenters. The summed E-state index contributed by atoms with van der Waals surface area (Å²) in [6.45, 7) is 3.68. The zero-order valence-corrected chi connectivity index (χ0v) is 9.13. The Morgan fingerprint density at radius 3 is 2.67 bits per heavy atom. The summed E-state index contributed by atoms with van der Waals surface area (Å²) >= 11 is 0. The molecule has 0 unspecified atom stereocenters. The largest absolute Gasteiger partial charge is 0.326 e. The highest BCUT2D eigenvalue weighted by Crippen LogP contribution is 2.15. The van der Waals surface area contributed by atoms with Gasteiger partial charge in [-0.25, -0.2) is 8.42 Å². The van der Waals surface area contributed by atoms with Crippen LogP contribution >= 0.6 is 0 Å². The van der Waals surface area contributed by atoms with E-state index >= 15 is 0 Å². The number of nitrogens with one attached hydrogen (secondary N) is 1. The highest BCUT2D eigenvalue weighted by Gasteiger charge is 2.09. The molecule has 0 heterocycles. The number of hydrogen-bond donors (Lipinski definition) is 2. The van der Waals surface area contributed by atoms with E-state index in [9.17, 15) is 8.42 Å². The molecular formula is C10H14N2O2S. The van der Waals surface area contributed by atoms with Crippen LogP contribution in [0.15, 0.2) is 36.9 Å². The molecule has 0 aliphatic carbocycles. The van der Waals surface area contributed by atoms with Crippen LogP contribution in [0.25, 0.3) is 0 Å². The first-order valence-electron chi connectivity index (χ1n) is 4.48. The van der Waals surface area contributed by atoms with Crippen molar-refractivity contribution in [2.24, 2.45) is 5.73 Å². The minimum Gasteiger partial charge on any atom is -0.326 e. The zero-order chi connectivity index (χ0) is 11.3. The fourth-order valence-corrected chi connectivity index (χ4v) is 2.09. The van der Waals surface area contributed by atoms with Crippen LogP contribution < -0.4 is 10.5 Å². The Morgan fingerprint density at radius 2 is 2.07 bits per heavy atom. The molecule has 0 saturated carbocycles. The van der Waals surface area contributed by atoms with Crippen molar-refractivity contribution in [3.63, 3.8) is 0 Å². The normalized spacial score (nSPS) is 11.0. The molecule has 0 bridgehead atoms. The monoisotopic (exact) mass is 226 g/mol. The summed E-state index contributed by atoms with van der Waals surface area (Å²) < 4.78 is 25.3. The Balaban J connectivity index is 2.94. The zero-order valence-electron chi connectivity index (χ0n) is 8.31. The lowest BCUT2D eigenvalue weighted by atomic mass is 10.2. The maximum atomic E-state index is 11.4. The van der Waals surface area contributed by atoms with E-state index in [4.69, 9.17) is 5.73 Å². The first-order chi connectivity index (χ1) is 7.09. The number of anilines is 1. The molecule has 15 heavy (non-hydrogen) atoms. The van der Waals surface area contributed by atoms with Crippen molar-refractivity contribution in [2.45, 2.75) is 6.54 Å². The highest BCUT2D eigenvalue weighted by molar-refractivity contribution is 7.92. The number of nitrogens with two attached hydrogens (primary N) is 1. The van der Waals surface area contributed by atoms with Crippen molar-refractivity contribution in [3.8, 4) is 0 Å². The molecule has 5 heteroatoms. The third-order valence-corrected chi connectivity index (χ3v) is 3.05. The molecule has 0 radical (unpaired) electrons. The fourth-order valence-electron chi connectivity index (χ4n) is 1.16. The summed E-state index contributed by atoms with van der Waals surface area (Å²) in [6, 6.07) is 7.03. The molecule has 3 N–H and O–H groups in total. The van der Waals surface area contributed by atoms with Gasteiger partial charge in [0.1, 0.15) is 0 Å². The molecule has 0 aliphatic rings. The average molecular weight is 226 g/mol. The summed E-state index contributed by atoms with van der Waals surface area (Å²) in [6.07, 6.45) is 1.34. The summed E-state index contributed by atoms with van der Waals surface area (Å²) in [5, 5.41) is 0. The lowest BCUT2D eigenvalue weighted by Gasteiger charge is -2.09. The molecule has 1 aromatic rings. The van der Waals surface area contributed by atoms with E-state index < -0.39 is 10.0 Å². The number of hydrogen-bond acceptors (Lipinski definition) is 3. The van der Waals surface area contributed by atoms with E-state index in [-0.39, 0.29) is 5.75 Å². The van der Waals surface area contributed by atoms with Gasteiger partial charge in [0, 0.05) is 6.54 Å². The molecule has 0 aromatic heterocycles. The average Bonchev–Trinajstić information content (AvgIpc) is 2.17. The number of benzene rings is 1. The first-order valence-corrected chi connectivity index (χ1v) is 6.13. The van der Waals surface area contributed by atoms with Gasteiger partial charge in [-0.3, -0.25) is 4.72 Å². The van der Waals surface area contributed by atoms with Gasteiger partial charge in [-0.15, -0.1) is 6.58 Å². The second-order valence-corrected chi connectivity index (χ2v) is 4.80. The summed E-state index contributed by atoms with van der Waals surface area (Å²) in [5.41, 5.74) is 6.79. The Morgan fingerprint density at radius 1 is 1.40 bits per heavy atom. The highest BCUT2D eigenvalue weighted by atomic mass is 32.2. The molecule has 0 saturated heterocycles. The van der Waals surface area contributed by atoms with Crippen molar-refractivity contribution < 1.29 is 8.42 Å². The second kappa shape index (κ2) is 4.95. The maximum Gasteiger partial charge on any atom is 0.236 e. The topological polar surface area (TPSA) is 72.2 Å². The summed E-state index contributed by atoms with van der Waals surface area (Å²) in [5.74, 6) is -0.105. The lowest BCUT2D eigenvalue weighted by molar-refractivity contribution is 0.604. The van der Waals surface area contributed by atoms with Gasteiger partial charge < -0.3 is 5.73 Å². The molecule has 0 amide bonds. The molecule has 1 aromatic carbocycles. The van der Waals surface area contributed by atoms with Crippen molar-refractivity contribution in [1.82, 2.24) is 0 Å². The minimum absolute atomic E-state index is 0.105. The smallest absolute Gasteiger partial charge is 0.236 e. The molecule has 0 fully saturated rings. The SMILES string of the molecule is C=CCS(=O)(=O)Nc1ccccc1CN. The van der Waals surface area contributed by atoms with Crippen LogP contribution in [0, 0.1) is 0 Å². The Labute approximate surface area is 89.9 Å². The van der Waals surface area contributed by atoms with Crippen LogP contribution in [-0.2, 0) is 16.6 Å². The second-order valence-electron chi connectivity index (χ2n) is 3.03. The first kappa shape index (κ1) is 11.7. The predicted molar refractivity (Wildman–Crippen MR) is 61.9 cm³/mol. The number of rotatable bonds is 5. The van der Waals surface area contributed by atoms with Gasteiger partial charge in [0.15, 0.2) is 0 Å². The van der Waals surface area contributed by atoms with Crippen molar-refractivity contribution in [2.75, 3.05) is 10.5 Å². The van der Waals surface area contributed by atoms with Crippen LogP contribution in [0.2, 0.25) is 0 Å². The molecule has 82 valence electrons. The van der Waals surface area contributed by atoms with Crippen molar-refractivity contribution in [3.05, 3.63) is 42.5 Å². The van der Waals surface area contributed by atoms with Gasteiger partial charge in [0.25, 0.3) is 0 Å². The summed E-state index contributed by atoms with van der Waals surface area (Å²) in [4.78, 5) is 0. The molecule has 0 spiro atoms. The van der Waals surface area contributed by atoms with Crippen LogP contribution in [0.3, 0.4) is 0 Å². The number of sulfonamides is 1. The standard InChI is InChI=1S/C10H14N2O2S/c1-2-7-15(13,14)12-10-6-4-3-5-9(10)8-11/h2-6,12H,1,7-8,11H2.